The average Bonchev–Trinajstić information content (AvgIpc) is 2.93. The van der Waals surface area contributed by atoms with E-state index >= 15 is 0 Å². The van der Waals surface area contributed by atoms with Crippen molar-refractivity contribution in [2.45, 2.75) is 13.0 Å². The number of hydrogen-bond donors (Lipinski definition) is 2. The van der Waals surface area contributed by atoms with Crippen LogP contribution in [0.25, 0.3) is 11.1 Å². The fourth-order valence-electron chi connectivity index (χ4n) is 2.09. The standard InChI is InChI=1S/C12H12N2O.C2H7N/c1-2-9-8-15-5-4-12(9)11(3-1)10-6-13-14-7-10;1-3-2/h1-3,6-7H,4-5,8H2,(H,13,14);3H,1-2H3. The maximum Gasteiger partial charge on any atom is 0.0719 e. The Morgan fingerprint density at radius 3 is 2.89 bits per heavy atom. The van der Waals surface area contributed by atoms with Gasteiger partial charge in [-0.3, -0.25) is 5.10 Å². The topological polar surface area (TPSA) is 49.9 Å². The van der Waals surface area contributed by atoms with Crippen LogP contribution in [0.1, 0.15) is 11.1 Å². The first kappa shape index (κ1) is 12.8. The van der Waals surface area contributed by atoms with Crippen molar-refractivity contribution in [1.82, 2.24) is 15.5 Å². The van der Waals surface area contributed by atoms with Crippen molar-refractivity contribution in [2.75, 3.05) is 20.7 Å². The molecule has 4 heteroatoms. The Labute approximate surface area is 107 Å². The summed E-state index contributed by atoms with van der Waals surface area (Å²) in [7, 11) is 3.75. The maximum absolute atomic E-state index is 5.44. The van der Waals surface area contributed by atoms with Gasteiger partial charge in [0.05, 0.1) is 19.4 Å². The van der Waals surface area contributed by atoms with Gasteiger partial charge in [-0.05, 0) is 37.2 Å². The number of rotatable bonds is 1. The van der Waals surface area contributed by atoms with Gasteiger partial charge < -0.3 is 10.1 Å². The molecular weight excluding hydrogens is 226 g/mol. The molecule has 0 radical (unpaired) electrons. The van der Waals surface area contributed by atoms with Crippen molar-refractivity contribution in [2.24, 2.45) is 0 Å². The highest BCUT2D eigenvalue weighted by Gasteiger charge is 2.14. The summed E-state index contributed by atoms with van der Waals surface area (Å²) in [5, 5.41) is 9.60. The molecule has 1 aliphatic rings. The molecule has 0 amide bonds. The van der Waals surface area contributed by atoms with E-state index in [4.69, 9.17) is 4.74 Å². The number of benzene rings is 1. The first-order valence-electron chi connectivity index (χ1n) is 6.13. The SMILES string of the molecule is CNC.c1cc2c(c(-c3cn[nH]c3)c1)CCOC2. The number of hydrogen-bond acceptors (Lipinski definition) is 3. The number of nitrogens with one attached hydrogen (secondary N) is 2. The second kappa shape index (κ2) is 6.33. The lowest BCUT2D eigenvalue weighted by Gasteiger charge is -2.19. The predicted molar refractivity (Wildman–Crippen MR) is 72.4 cm³/mol. The van der Waals surface area contributed by atoms with Crippen LogP contribution in [0.4, 0.5) is 0 Å². The van der Waals surface area contributed by atoms with Crippen molar-refractivity contribution in [1.29, 1.82) is 0 Å². The molecule has 0 bridgehead atoms. The van der Waals surface area contributed by atoms with Crippen LogP contribution >= 0.6 is 0 Å². The van der Waals surface area contributed by atoms with E-state index in [9.17, 15) is 0 Å². The summed E-state index contributed by atoms with van der Waals surface area (Å²) in [6.45, 7) is 1.56. The van der Waals surface area contributed by atoms with Crippen LogP contribution in [0.2, 0.25) is 0 Å². The molecule has 18 heavy (non-hydrogen) atoms. The summed E-state index contributed by atoms with van der Waals surface area (Å²) in [6, 6.07) is 6.36. The minimum Gasteiger partial charge on any atom is -0.376 e. The van der Waals surface area contributed by atoms with Crippen LogP contribution in [0, 0.1) is 0 Å². The molecule has 4 nitrogen and oxygen atoms in total. The largest absolute Gasteiger partial charge is 0.376 e. The number of aromatic amines is 1. The summed E-state index contributed by atoms with van der Waals surface area (Å²) in [6.07, 6.45) is 4.80. The maximum atomic E-state index is 5.44. The van der Waals surface area contributed by atoms with E-state index in [-0.39, 0.29) is 0 Å². The highest BCUT2D eigenvalue weighted by Crippen LogP contribution is 2.28. The van der Waals surface area contributed by atoms with Crippen molar-refractivity contribution >= 4 is 0 Å². The summed E-state index contributed by atoms with van der Waals surface area (Å²) >= 11 is 0. The zero-order valence-electron chi connectivity index (χ0n) is 10.9. The minimum atomic E-state index is 0.737. The Bertz CT molecular complexity index is 480. The van der Waals surface area contributed by atoms with Crippen LogP contribution in [-0.2, 0) is 17.8 Å². The second-order valence-corrected chi connectivity index (χ2v) is 4.23. The molecule has 1 aromatic heterocycles. The molecule has 1 aliphatic heterocycles. The molecular formula is C14H19N3O. The first-order chi connectivity index (χ1) is 8.86. The van der Waals surface area contributed by atoms with Gasteiger partial charge in [-0.1, -0.05) is 18.2 Å². The molecule has 0 atom stereocenters. The summed E-state index contributed by atoms with van der Waals surface area (Å²) in [4.78, 5) is 0. The van der Waals surface area contributed by atoms with Crippen LogP contribution in [0.5, 0.6) is 0 Å². The molecule has 0 unspecified atom stereocenters. The van der Waals surface area contributed by atoms with Gasteiger partial charge in [-0.25, -0.2) is 0 Å². The normalized spacial score (nSPS) is 13.4. The van der Waals surface area contributed by atoms with Gasteiger partial charge in [0.25, 0.3) is 0 Å². The molecule has 2 heterocycles. The predicted octanol–water partition coefficient (Wildman–Crippen LogP) is 1.98. The van der Waals surface area contributed by atoms with E-state index < -0.39 is 0 Å². The van der Waals surface area contributed by atoms with Gasteiger partial charge in [0.15, 0.2) is 0 Å². The lowest BCUT2D eigenvalue weighted by atomic mass is 9.94. The lowest BCUT2D eigenvalue weighted by molar-refractivity contribution is 0.111. The van der Waals surface area contributed by atoms with Gasteiger partial charge in [-0.15, -0.1) is 0 Å². The third-order valence-corrected chi connectivity index (χ3v) is 2.84. The molecule has 1 aromatic carbocycles. The summed E-state index contributed by atoms with van der Waals surface area (Å²) in [5.41, 5.74) is 5.16. The van der Waals surface area contributed by atoms with Gasteiger partial charge in [-0.2, -0.15) is 5.10 Å². The van der Waals surface area contributed by atoms with E-state index in [2.05, 4.69) is 33.7 Å². The second-order valence-electron chi connectivity index (χ2n) is 4.23. The fraction of sp³-hybridized carbons (Fsp3) is 0.357. The molecule has 0 fully saturated rings. The summed E-state index contributed by atoms with van der Waals surface area (Å²) in [5.74, 6) is 0. The van der Waals surface area contributed by atoms with E-state index in [1.807, 2.05) is 26.5 Å². The highest BCUT2D eigenvalue weighted by molar-refractivity contribution is 5.67. The van der Waals surface area contributed by atoms with Crippen LogP contribution < -0.4 is 5.32 Å². The fourth-order valence-corrected chi connectivity index (χ4v) is 2.09. The van der Waals surface area contributed by atoms with Crippen molar-refractivity contribution in [3.8, 4) is 11.1 Å². The Balaban J connectivity index is 0.000000367. The Kier molecular flexibility index (Phi) is 4.50. The molecule has 0 aliphatic carbocycles. The van der Waals surface area contributed by atoms with Crippen molar-refractivity contribution in [3.63, 3.8) is 0 Å². The van der Waals surface area contributed by atoms with Crippen LogP contribution in [0.15, 0.2) is 30.6 Å². The number of ether oxygens (including phenoxy) is 1. The molecule has 0 spiro atoms. The Hall–Kier alpha value is -1.65. The molecule has 2 N–H and O–H groups in total. The number of nitrogens with zero attached hydrogens (tertiary/aromatic N) is 1. The minimum absolute atomic E-state index is 0.737. The number of H-pyrrole nitrogens is 1. The van der Waals surface area contributed by atoms with Crippen molar-refractivity contribution < 1.29 is 4.74 Å². The third-order valence-electron chi connectivity index (χ3n) is 2.84. The van der Waals surface area contributed by atoms with Gasteiger partial charge in [0.2, 0.25) is 0 Å². The zero-order chi connectivity index (χ0) is 12.8. The average molecular weight is 245 g/mol. The molecule has 0 saturated carbocycles. The lowest BCUT2D eigenvalue weighted by Crippen LogP contribution is -2.10. The van der Waals surface area contributed by atoms with E-state index in [1.165, 1.54) is 16.7 Å². The summed E-state index contributed by atoms with van der Waals surface area (Å²) < 4.78 is 5.44. The van der Waals surface area contributed by atoms with Gasteiger partial charge >= 0.3 is 0 Å². The van der Waals surface area contributed by atoms with Crippen LogP contribution in [-0.4, -0.2) is 30.9 Å². The quantitative estimate of drug-likeness (QED) is 0.807. The van der Waals surface area contributed by atoms with Crippen molar-refractivity contribution in [3.05, 3.63) is 41.7 Å². The monoisotopic (exact) mass is 245 g/mol. The van der Waals surface area contributed by atoms with E-state index in [0.717, 1.165) is 25.2 Å². The molecule has 2 aromatic rings. The number of aromatic nitrogens is 2. The van der Waals surface area contributed by atoms with E-state index in [0.29, 0.717) is 0 Å². The van der Waals surface area contributed by atoms with Gasteiger partial charge in [0.1, 0.15) is 0 Å². The Morgan fingerprint density at radius 1 is 1.33 bits per heavy atom. The van der Waals surface area contributed by atoms with Crippen LogP contribution in [0.3, 0.4) is 0 Å². The highest BCUT2D eigenvalue weighted by atomic mass is 16.5. The third kappa shape index (κ3) is 2.78. The van der Waals surface area contributed by atoms with E-state index in [1.54, 1.807) is 0 Å². The Morgan fingerprint density at radius 2 is 2.17 bits per heavy atom. The van der Waals surface area contributed by atoms with Gasteiger partial charge in [0, 0.05) is 11.8 Å². The molecule has 3 rings (SSSR count). The molecule has 0 saturated heterocycles. The smallest absolute Gasteiger partial charge is 0.0719 e. The first-order valence-corrected chi connectivity index (χ1v) is 6.13. The number of fused-ring (bicyclic) bond motifs is 1. The molecule has 96 valence electrons. The zero-order valence-corrected chi connectivity index (χ0v) is 10.9.